The molecule has 19 heavy (non-hydrogen) atoms. The Morgan fingerprint density at radius 1 is 1.16 bits per heavy atom. The van der Waals surface area contributed by atoms with E-state index in [1.165, 1.54) is 0 Å². The van der Waals surface area contributed by atoms with E-state index < -0.39 is 6.04 Å². The Hall–Kier alpha value is -2.00. The topological polar surface area (TPSA) is 56.0 Å². The predicted octanol–water partition coefficient (Wildman–Crippen LogP) is 2.45. The number of aryl methyl sites for hydroxylation is 2. The van der Waals surface area contributed by atoms with Crippen molar-refractivity contribution in [1.82, 2.24) is 4.98 Å². The molecule has 0 bridgehead atoms. The fourth-order valence-corrected chi connectivity index (χ4v) is 2.15. The van der Waals surface area contributed by atoms with Crippen molar-refractivity contribution in [3.05, 3.63) is 65.0 Å². The second-order valence-electron chi connectivity index (χ2n) is 4.80. The minimum Gasteiger partial charge on any atom is -0.321 e. The van der Waals surface area contributed by atoms with Gasteiger partial charge >= 0.3 is 0 Å². The van der Waals surface area contributed by atoms with E-state index in [2.05, 4.69) is 4.98 Å². The third-order valence-electron chi connectivity index (χ3n) is 3.00. The number of rotatable bonds is 4. The Kier molecular flexibility index (Phi) is 4.07. The Balaban J connectivity index is 2.15. The first-order valence-corrected chi connectivity index (χ1v) is 6.35. The first-order chi connectivity index (χ1) is 9.06. The molecule has 0 spiro atoms. The number of ketones is 1. The van der Waals surface area contributed by atoms with Crippen LogP contribution in [0.2, 0.25) is 0 Å². The van der Waals surface area contributed by atoms with Crippen LogP contribution in [0.4, 0.5) is 0 Å². The molecule has 0 fully saturated rings. The Morgan fingerprint density at radius 3 is 2.32 bits per heavy atom. The lowest BCUT2D eigenvalue weighted by molar-refractivity contribution is 0.0960. The number of benzene rings is 1. The third kappa shape index (κ3) is 3.48. The van der Waals surface area contributed by atoms with Gasteiger partial charge in [-0.3, -0.25) is 9.78 Å². The van der Waals surface area contributed by atoms with Gasteiger partial charge < -0.3 is 5.73 Å². The molecule has 98 valence electrons. The third-order valence-corrected chi connectivity index (χ3v) is 3.00. The number of nitrogens with two attached hydrogens (primary N) is 1. The molecule has 0 saturated heterocycles. The van der Waals surface area contributed by atoms with E-state index in [9.17, 15) is 4.79 Å². The summed E-state index contributed by atoms with van der Waals surface area (Å²) in [7, 11) is 0. The Morgan fingerprint density at radius 2 is 1.74 bits per heavy atom. The second kappa shape index (κ2) is 5.76. The van der Waals surface area contributed by atoms with Crippen LogP contribution in [-0.4, -0.2) is 16.8 Å². The molecule has 0 amide bonds. The van der Waals surface area contributed by atoms with Crippen LogP contribution in [0.25, 0.3) is 0 Å². The number of hydrogen-bond acceptors (Lipinski definition) is 3. The highest BCUT2D eigenvalue weighted by atomic mass is 16.1. The normalized spacial score (nSPS) is 12.2. The van der Waals surface area contributed by atoms with Crippen molar-refractivity contribution < 1.29 is 4.79 Å². The molecule has 2 rings (SSSR count). The Labute approximate surface area is 113 Å². The highest BCUT2D eigenvalue weighted by Crippen LogP contribution is 2.10. The number of nitrogens with zero attached hydrogens (tertiary/aromatic N) is 1. The van der Waals surface area contributed by atoms with E-state index in [1.807, 2.05) is 44.2 Å². The summed E-state index contributed by atoms with van der Waals surface area (Å²) in [5.74, 6) is -0.0301. The van der Waals surface area contributed by atoms with E-state index in [0.717, 1.165) is 17.0 Å². The highest BCUT2D eigenvalue weighted by molar-refractivity contribution is 6.00. The highest BCUT2D eigenvalue weighted by Gasteiger charge is 2.16. The molecule has 1 heterocycles. The molecule has 1 aromatic carbocycles. The van der Waals surface area contributed by atoms with Gasteiger partial charge in [0.05, 0.1) is 6.04 Å². The quantitative estimate of drug-likeness (QED) is 0.853. The molecule has 3 heteroatoms. The van der Waals surface area contributed by atoms with Crippen LogP contribution < -0.4 is 5.73 Å². The van der Waals surface area contributed by atoms with Gasteiger partial charge in [0.15, 0.2) is 5.78 Å². The second-order valence-corrected chi connectivity index (χ2v) is 4.80. The molecule has 2 aromatic rings. The summed E-state index contributed by atoms with van der Waals surface area (Å²) >= 11 is 0. The first kappa shape index (κ1) is 13.4. The van der Waals surface area contributed by atoms with Crippen LogP contribution in [0.1, 0.15) is 27.3 Å². The van der Waals surface area contributed by atoms with Crippen molar-refractivity contribution in [1.29, 1.82) is 0 Å². The molecule has 1 atom stereocenters. The van der Waals surface area contributed by atoms with Gasteiger partial charge in [-0.05, 0) is 38.0 Å². The summed E-state index contributed by atoms with van der Waals surface area (Å²) < 4.78 is 0. The molecule has 0 aliphatic rings. The minimum atomic E-state index is -0.511. The van der Waals surface area contributed by atoms with Gasteiger partial charge in [-0.2, -0.15) is 0 Å². The summed E-state index contributed by atoms with van der Waals surface area (Å²) in [6.45, 7) is 3.76. The van der Waals surface area contributed by atoms with Crippen molar-refractivity contribution in [2.45, 2.75) is 26.3 Å². The first-order valence-electron chi connectivity index (χ1n) is 6.35. The summed E-state index contributed by atoms with van der Waals surface area (Å²) in [4.78, 5) is 16.6. The average molecular weight is 254 g/mol. The van der Waals surface area contributed by atoms with Gasteiger partial charge in [-0.1, -0.05) is 30.3 Å². The number of pyridine rings is 1. The van der Waals surface area contributed by atoms with Crippen LogP contribution in [-0.2, 0) is 6.42 Å². The van der Waals surface area contributed by atoms with Crippen LogP contribution in [0, 0.1) is 13.8 Å². The van der Waals surface area contributed by atoms with Gasteiger partial charge in [0.25, 0.3) is 0 Å². The zero-order chi connectivity index (χ0) is 13.8. The van der Waals surface area contributed by atoms with Crippen LogP contribution >= 0.6 is 0 Å². The van der Waals surface area contributed by atoms with Gasteiger partial charge in [0.2, 0.25) is 0 Å². The standard InChI is InChI=1S/C16H18N2O/c1-11-8-14(9-12(2)18-11)16(19)15(17)10-13-6-4-3-5-7-13/h3-9,15H,10,17H2,1-2H3/t15-/m0/s1. The molecular weight excluding hydrogens is 236 g/mol. The lowest BCUT2D eigenvalue weighted by Gasteiger charge is -2.11. The minimum absolute atomic E-state index is 0.0301. The lowest BCUT2D eigenvalue weighted by atomic mass is 9.98. The molecule has 0 aliphatic carbocycles. The molecule has 0 saturated carbocycles. The molecule has 0 unspecified atom stereocenters. The summed E-state index contributed by atoms with van der Waals surface area (Å²) in [5, 5.41) is 0. The fraction of sp³-hybridized carbons (Fsp3) is 0.250. The van der Waals surface area contributed by atoms with Crippen LogP contribution in [0.3, 0.4) is 0 Å². The van der Waals surface area contributed by atoms with Crippen molar-refractivity contribution in [3.63, 3.8) is 0 Å². The number of aromatic nitrogens is 1. The van der Waals surface area contributed by atoms with Crippen molar-refractivity contribution >= 4 is 5.78 Å². The van der Waals surface area contributed by atoms with E-state index in [-0.39, 0.29) is 5.78 Å². The molecular formula is C16H18N2O. The fourth-order valence-electron chi connectivity index (χ4n) is 2.15. The zero-order valence-electron chi connectivity index (χ0n) is 11.3. The maximum atomic E-state index is 12.3. The van der Waals surface area contributed by atoms with Crippen LogP contribution in [0.15, 0.2) is 42.5 Å². The van der Waals surface area contributed by atoms with E-state index in [1.54, 1.807) is 12.1 Å². The number of hydrogen-bond donors (Lipinski definition) is 1. The maximum Gasteiger partial charge on any atom is 0.179 e. The monoisotopic (exact) mass is 254 g/mol. The Bertz CT molecular complexity index is 558. The molecule has 0 aliphatic heterocycles. The van der Waals surface area contributed by atoms with Gasteiger partial charge in [0, 0.05) is 17.0 Å². The summed E-state index contributed by atoms with van der Waals surface area (Å²) in [6, 6.07) is 12.9. The average Bonchev–Trinajstić information content (AvgIpc) is 2.37. The molecule has 1 aromatic heterocycles. The molecule has 0 radical (unpaired) electrons. The van der Waals surface area contributed by atoms with E-state index in [0.29, 0.717) is 12.0 Å². The lowest BCUT2D eigenvalue weighted by Crippen LogP contribution is -2.32. The smallest absolute Gasteiger partial charge is 0.179 e. The predicted molar refractivity (Wildman–Crippen MR) is 76.2 cm³/mol. The van der Waals surface area contributed by atoms with E-state index >= 15 is 0 Å². The van der Waals surface area contributed by atoms with E-state index in [4.69, 9.17) is 5.73 Å². The molecule has 3 nitrogen and oxygen atoms in total. The number of carbonyl (C=O) groups is 1. The van der Waals surface area contributed by atoms with Gasteiger partial charge in [-0.25, -0.2) is 0 Å². The van der Waals surface area contributed by atoms with Gasteiger partial charge in [0.1, 0.15) is 0 Å². The van der Waals surface area contributed by atoms with Crippen molar-refractivity contribution in [2.24, 2.45) is 5.73 Å². The SMILES string of the molecule is Cc1cc(C(=O)[C@@H](N)Cc2ccccc2)cc(C)n1. The summed E-state index contributed by atoms with van der Waals surface area (Å²) in [5.41, 5.74) is 9.42. The largest absolute Gasteiger partial charge is 0.321 e. The maximum absolute atomic E-state index is 12.3. The number of carbonyl (C=O) groups excluding carboxylic acids is 1. The van der Waals surface area contributed by atoms with Gasteiger partial charge in [-0.15, -0.1) is 0 Å². The summed E-state index contributed by atoms with van der Waals surface area (Å²) in [6.07, 6.45) is 0.556. The van der Waals surface area contributed by atoms with Crippen LogP contribution in [0.5, 0.6) is 0 Å². The molecule has 2 N–H and O–H groups in total. The zero-order valence-corrected chi connectivity index (χ0v) is 11.3. The van der Waals surface area contributed by atoms with Crippen molar-refractivity contribution in [3.8, 4) is 0 Å². The van der Waals surface area contributed by atoms with Crippen molar-refractivity contribution in [2.75, 3.05) is 0 Å². The number of Topliss-reactive ketones (excluding diaryl/α,β-unsaturated/α-hetero) is 1.